The molecule has 0 saturated carbocycles. The highest BCUT2D eigenvalue weighted by molar-refractivity contribution is 7.99. The molecule has 27 heavy (non-hydrogen) atoms. The van der Waals surface area contributed by atoms with E-state index >= 15 is 0 Å². The number of thiophene rings is 1. The molecule has 2 aromatic heterocycles. The molecule has 1 aliphatic rings. The van der Waals surface area contributed by atoms with Crippen molar-refractivity contribution in [2.75, 3.05) is 18.8 Å². The fourth-order valence-corrected chi connectivity index (χ4v) is 5.89. The molecule has 2 heterocycles. The predicted molar refractivity (Wildman–Crippen MR) is 114 cm³/mol. The molecular formula is C20H29N3O2S2. The van der Waals surface area contributed by atoms with Crippen LogP contribution in [-0.4, -0.2) is 39.6 Å². The SMILES string of the molecule is CCN(CC)C(=O)CSc1nc2sc3c(c2c(=O)[nH]1)CCC(C(C)(C)C)C3. The summed E-state index contributed by atoms with van der Waals surface area (Å²) >= 11 is 2.97. The second-order valence-corrected chi connectivity index (χ2v) is 10.3. The summed E-state index contributed by atoms with van der Waals surface area (Å²) in [6, 6.07) is 0. The van der Waals surface area contributed by atoms with Gasteiger partial charge >= 0.3 is 0 Å². The van der Waals surface area contributed by atoms with Gasteiger partial charge < -0.3 is 9.88 Å². The van der Waals surface area contributed by atoms with Crippen LogP contribution in [0.1, 0.15) is 51.5 Å². The Morgan fingerprint density at radius 3 is 2.67 bits per heavy atom. The molecule has 0 aliphatic heterocycles. The molecule has 1 N–H and O–H groups in total. The zero-order chi connectivity index (χ0) is 19.8. The van der Waals surface area contributed by atoms with E-state index < -0.39 is 0 Å². The smallest absolute Gasteiger partial charge is 0.260 e. The molecule has 0 spiro atoms. The third kappa shape index (κ3) is 4.24. The number of H-pyrrole nitrogens is 1. The second-order valence-electron chi connectivity index (χ2n) is 8.22. The van der Waals surface area contributed by atoms with Crippen molar-refractivity contribution in [2.24, 2.45) is 11.3 Å². The molecule has 5 nitrogen and oxygen atoms in total. The van der Waals surface area contributed by atoms with E-state index in [0.717, 1.165) is 29.5 Å². The van der Waals surface area contributed by atoms with Crippen molar-refractivity contribution in [1.82, 2.24) is 14.9 Å². The maximum Gasteiger partial charge on any atom is 0.260 e. The van der Waals surface area contributed by atoms with E-state index in [2.05, 4.69) is 30.7 Å². The van der Waals surface area contributed by atoms with Gasteiger partial charge in [0.15, 0.2) is 5.16 Å². The number of thioether (sulfide) groups is 1. The van der Waals surface area contributed by atoms with Gasteiger partial charge in [0.25, 0.3) is 5.56 Å². The van der Waals surface area contributed by atoms with Gasteiger partial charge in [-0.15, -0.1) is 11.3 Å². The summed E-state index contributed by atoms with van der Waals surface area (Å²) in [6.45, 7) is 12.2. The van der Waals surface area contributed by atoms with Crippen LogP contribution in [-0.2, 0) is 17.6 Å². The maximum absolute atomic E-state index is 12.7. The normalized spacial score (nSPS) is 17.1. The Bertz CT molecular complexity index is 891. The van der Waals surface area contributed by atoms with Crippen LogP contribution in [0.25, 0.3) is 10.2 Å². The lowest BCUT2D eigenvalue weighted by molar-refractivity contribution is -0.127. The number of aromatic amines is 1. The number of nitrogens with zero attached hydrogens (tertiary/aromatic N) is 2. The van der Waals surface area contributed by atoms with E-state index in [-0.39, 0.29) is 16.9 Å². The van der Waals surface area contributed by atoms with Crippen molar-refractivity contribution < 1.29 is 4.79 Å². The molecular weight excluding hydrogens is 378 g/mol. The number of aryl methyl sites for hydroxylation is 1. The van der Waals surface area contributed by atoms with Crippen LogP contribution in [0.3, 0.4) is 0 Å². The van der Waals surface area contributed by atoms with E-state index in [1.165, 1.54) is 22.2 Å². The monoisotopic (exact) mass is 407 g/mol. The van der Waals surface area contributed by atoms with Gasteiger partial charge in [0, 0.05) is 18.0 Å². The first-order valence-corrected chi connectivity index (χ1v) is 11.5. The number of hydrogen-bond acceptors (Lipinski definition) is 5. The summed E-state index contributed by atoms with van der Waals surface area (Å²) in [6.07, 6.45) is 3.10. The maximum atomic E-state index is 12.7. The molecule has 1 unspecified atom stereocenters. The molecule has 2 aromatic rings. The number of carbonyl (C=O) groups excluding carboxylic acids is 1. The largest absolute Gasteiger partial charge is 0.343 e. The van der Waals surface area contributed by atoms with Crippen LogP contribution in [0, 0.1) is 11.3 Å². The minimum absolute atomic E-state index is 0.0653. The number of carbonyl (C=O) groups is 1. The molecule has 0 radical (unpaired) electrons. The molecule has 0 bridgehead atoms. The quantitative estimate of drug-likeness (QED) is 0.599. The molecule has 148 valence electrons. The minimum atomic E-state index is -0.0653. The van der Waals surface area contributed by atoms with Crippen molar-refractivity contribution in [3.8, 4) is 0 Å². The van der Waals surface area contributed by atoms with E-state index in [0.29, 0.717) is 29.9 Å². The van der Waals surface area contributed by atoms with Crippen LogP contribution in [0.2, 0.25) is 0 Å². The molecule has 1 aliphatic carbocycles. The predicted octanol–water partition coefficient (Wildman–Crippen LogP) is 4.10. The summed E-state index contributed by atoms with van der Waals surface area (Å²) in [5.74, 6) is 1.01. The van der Waals surface area contributed by atoms with Crippen molar-refractivity contribution in [3.05, 3.63) is 20.8 Å². The van der Waals surface area contributed by atoms with E-state index in [4.69, 9.17) is 0 Å². The zero-order valence-corrected chi connectivity index (χ0v) is 18.5. The van der Waals surface area contributed by atoms with Gasteiger partial charge in [0.1, 0.15) is 4.83 Å². The Morgan fingerprint density at radius 2 is 2.04 bits per heavy atom. The van der Waals surface area contributed by atoms with Crippen LogP contribution < -0.4 is 5.56 Å². The summed E-state index contributed by atoms with van der Waals surface area (Å²) in [7, 11) is 0. The number of amides is 1. The van der Waals surface area contributed by atoms with Gasteiger partial charge in [-0.05, 0) is 50.0 Å². The molecule has 0 aromatic carbocycles. The van der Waals surface area contributed by atoms with Crippen LogP contribution >= 0.6 is 23.1 Å². The highest BCUT2D eigenvalue weighted by Crippen LogP contribution is 2.42. The highest BCUT2D eigenvalue weighted by Gasteiger charge is 2.31. The van der Waals surface area contributed by atoms with Crippen LogP contribution in [0.4, 0.5) is 0 Å². The summed E-state index contributed by atoms with van der Waals surface area (Å²) in [5, 5.41) is 1.31. The lowest BCUT2D eigenvalue weighted by Crippen LogP contribution is -2.32. The van der Waals surface area contributed by atoms with Gasteiger partial charge in [-0.2, -0.15) is 0 Å². The molecule has 1 atom stereocenters. The Hall–Kier alpha value is -1.34. The molecule has 1 amide bonds. The Balaban J connectivity index is 1.84. The number of nitrogens with one attached hydrogen (secondary N) is 1. The second kappa shape index (κ2) is 7.95. The molecule has 0 saturated heterocycles. The summed E-state index contributed by atoms with van der Waals surface area (Å²) in [4.78, 5) is 36.4. The lowest BCUT2D eigenvalue weighted by atomic mass is 9.72. The lowest BCUT2D eigenvalue weighted by Gasteiger charge is -2.33. The van der Waals surface area contributed by atoms with Crippen LogP contribution in [0.5, 0.6) is 0 Å². The summed E-state index contributed by atoms with van der Waals surface area (Å²) < 4.78 is 0. The molecule has 7 heteroatoms. The number of fused-ring (bicyclic) bond motifs is 3. The van der Waals surface area contributed by atoms with Gasteiger partial charge in [-0.25, -0.2) is 4.98 Å². The summed E-state index contributed by atoms with van der Waals surface area (Å²) in [5.41, 5.74) is 1.41. The Morgan fingerprint density at radius 1 is 1.33 bits per heavy atom. The standard InChI is InChI=1S/C20H29N3O2S2/c1-6-23(7-2)15(24)11-26-19-21-17(25)16-13-9-8-12(20(3,4)5)10-14(13)27-18(16)22-19/h12H,6-11H2,1-5H3,(H,21,22,25). The average molecular weight is 408 g/mol. The number of rotatable bonds is 5. The fourth-order valence-electron chi connectivity index (χ4n) is 3.77. The first-order chi connectivity index (χ1) is 12.7. The number of hydrogen-bond donors (Lipinski definition) is 1. The molecule has 3 rings (SSSR count). The van der Waals surface area contributed by atoms with Gasteiger partial charge in [-0.3, -0.25) is 9.59 Å². The molecule has 0 fully saturated rings. The van der Waals surface area contributed by atoms with Gasteiger partial charge in [0.05, 0.1) is 11.1 Å². The zero-order valence-electron chi connectivity index (χ0n) is 16.8. The third-order valence-electron chi connectivity index (χ3n) is 5.57. The highest BCUT2D eigenvalue weighted by atomic mass is 32.2. The van der Waals surface area contributed by atoms with Crippen LogP contribution in [0.15, 0.2) is 9.95 Å². The first-order valence-electron chi connectivity index (χ1n) is 9.69. The van der Waals surface area contributed by atoms with Crippen molar-refractivity contribution >= 4 is 39.2 Å². The van der Waals surface area contributed by atoms with E-state index in [1.54, 1.807) is 16.2 Å². The number of aromatic nitrogens is 2. The van der Waals surface area contributed by atoms with E-state index in [9.17, 15) is 9.59 Å². The minimum Gasteiger partial charge on any atom is -0.343 e. The van der Waals surface area contributed by atoms with Gasteiger partial charge in [0.2, 0.25) is 5.91 Å². The topological polar surface area (TPSA) is 66.1 Å². The van der Waals surface area contributed by atoms with Crippen molar-refractivity contribution in [3.63, 3.8) is 0 Å². The first kappa shape index (κ1) is 20.4. The van der Waals surface area contributed by atoms with E-state index in [1.807, 2.05) is 13.8 Å². The van der Waals surface area contributed by atoms with Gasteiger partial charge in [-0.1, -0.05) is 32.5 Å². The third-order valence-corrected chi connectivity index (χ3v) is 7.58. The average Bonchev–Trinajstić information content (AvgIpc) is 2.98. The van der Waals surface area contributed by atoms with Crippen molar-refractivity contribution in [1.29, 1.82) is 0 Å². The fraction of sp³-hybridized carbons (Fsp3) is 0.650. The Kier molecular flexibility index (Phi) is 6.01. The Labute approximate surface area is 169 Å². The van der Waals surface area contributed by atoms with Crippen molar-refractivity contribution in [2.45, 2.75) is 59.0 Å².